The summed E-state index contributed by atoms with van der Waals surface area (Å²) in [4.78, 5) is 23.4. The third kappa shape index (κ3) is 2.91. The number of fused-ring (bicyclic) bond motifs is 1. The molecule has 19 heavy (non-hydrogen) atoms. The summed E-state index contributed by atoms with van der Waals surface area (Å²) in [6.07, 6.45) is 6.02. The van der Waals surface area contributed by atoms with E-state index >= 15 is 0 Å². The molecule has 2 rings (SSSR count). The van der Waals surface area contributed by atoms with Gasteiger partial charge in [-0.25, -0.2) is 4.79 Å². The minimum atomic E-state index is -1.16. The summed E-state index contributed by atoms with van der Waals surface area (Å²) in [6, 6.07) is 0.223. The van der Waals surface area contributed by atoms with E-state index in [4.69, 9.17) is 0 Å². The van der Waals surface area contributed by atoms with Gasteiger partial charge in [0.1, 0.15) is 5.54 Å². The number of carbonyl (C=O) groups excluding carboxylic acids is 1. The second-order valence-electron chi connectivity index (χ2n) is 6.09. The summed E-state index contributed by atoms with van der Waals surface area (Å²) in [5, 5.41) is 15.3. The van der Waals surface area contributed by atoms with Gasteiger partial charge in [-0.2, -0.15) is 0 Å². The second kappa shape index (κ2) is 5.49. The average Bonchev–Trinajstić information content (AvgIpc) is 2.82. The molecule has 0 spiro atoms. The predicted octanol–water partition coefficient (Wildman–Crippen LogP) is 1.28. The first-order valence-corrected chi connectivity index (χ1v) is 7.27. The number of rotatable bonds is 4. The molecule has 0 aromatic rings. The van der Waals surface area contributed by atoms with Gasteiger partial charge in [0.15, 0.2) is 0 Å². The Kier molecular flexibility index (Phi) is 4.13. The van der Waals surface area contributed by atoms with E-state index in [1.165, 1.54) is 19.3 Å². The molecule has 0 aromatic carbocycles. The molecule has 1 aliphatic heterocycles. The Labute approximate surface area is 114 Å². The molecule has 108 valence electrons. The van der Waals surface area contributed by atoms with Crippen LogP contribution in [0.3, 0.4) is 0 Å². The topological polar surface area (TPSA) is 78.4 Å². The Balaban J connectivity index is 1.95. The molecule has 3 N–H and O–H groups in total. The first-order valence-electron chi connectivity index (χ1n) is 7.27. The highest BCUT2D eigenvalue weighted by Gasteiger charge is 2.41. The van der Waals surface area contributed by atoms with Crippen molar-refractivity contribution >= 4 is 11.9 Å². The van der Waals surface area contributed by atoms with Crippen LogP contribution in [0.2, 0.25) is 0 Å². The first kappa shape index (κ1) is 14.3. The number of nitrogens with one attached hydrogen (secondary N) is 2. The lowest BCUT2D eigenvalue weighted by Crippen LogP contribution is -2.56. The molecular formula is C14H24N2O3. The Morgan fingerprint density at radius 3 is 2.63 bits per heavy atom. The molecule has 1 heterocycles. The lowest BCUT2D eigenvalue weighted by molar-refractivity contribution is -0.147. The molecule has 1 aliphatic carbocycles. The molecule has 2 fully saturated rings. The molecule has 4 unspecified atom stereocenters. The number of carbonyl (C=O) groups is 2. The van der Waals surface area contributed by atoms with Crippen molar-refractivity contribution in [3.8, 4) is 0 Å². The van der Waals surface area contributed by atoms with Gasteiger partial charge in [-0.15, -0.1) is 0 Å². The van der Waals surface area contributed by atoms with E-state index in [2.05, 4.69) is 10.6 Å². The van der Waals surface area contributed by atoms with Crippen molar-refractivity contribution < 1.29 is 14.7 Å². The molecule has 0 radical (unpaired) electrons. The summed E-state index contributed by atoms with van der Waals surface area (Å²) < 4.78 is 0. The van der Waals surface area contributed by atoms with Crippen LogP contribution in [-0.4, -0.2) is 34.6 Å². The first-order chi connectivity index (χ1) is 8.96. The Hall–Kier alpha value is -1.10. The van der Waals surface area contributed by atoms with Crippen LogP contribution in [0.5, 0.6) is 0 Å². The summed E-state index contributed by atoms with van der Waals surface area (Å²) in [6.45, 7) is 3.34. The predicted molar refractivity (Wildman–Crippen MR) is 71.8 cm³/mol. The fourth-order valence-electron chi connectivity index (χ4n) is 3.17. The summed E-state index contributed by atoms with van der Waals surface area (Å²) >= 11 is 0. The van der Waals surface area contributed by atoms with Gasteiger partial charge in [-0.1, -0.05) is 19.8 Å². The van der Waals surface area contributed by atoms with E-state index in [0.717, 1.165) is 12.8 Å². The maximum absolute atomic E-state index is 12.2. The van der Waals surface area contributed by atoms with Gasteiger partial charge < -0.3 is 15.7 Å². The molecule has 4 atom stereocenters. The summed E-state index contributed by atoms with van der Waals surface area (Å²) in [7, 11) is 0. The molecule has 5 nitrogen and oxygen atoms in total. The molecule has 1 saturated carbocycles. The van der Waals surface area contributed by atoms with Crippen LogP contribution in [0.4, 0.5) is 0 Å². The zero-order valence-electron chi connectivity index (χ0n) is 11.7. The van der Waals surface area contributed by atoms with Crippen molar-refractivity contribution in [1.29, 1.82) is 0 Å². The van der Waals surface area contributed by atoms with Crippen LogP contribution >= 0.6 is 0 Å². The smallest absolute Gasteiger partial charge is 0.329 e. The highest BCUT2D eigenvalue weighted by molar-refractivity contribution is 5.89. The van der Waals surface area contributed by atoms with Crippen LogP contribution in [0.1, 0.15) is 52.4 Å². The number of carboxylic acids is 1. The fourth-order valence-corrected chi connectivity index (χ4v) is 3.17. The minimum absolute atomic E-state index is 0.166. The molecule has 1 saturated heterocycles. The largest absolute Gasteiger partial charge is 0.480 e. The normalized spacial score (nSPS) is 33.3. The minimum Gasteiger partial charge on any atom is -0.480 e. The van der Waals surface area contributed by atoms with Gasteiger partial charge in [0.25, 0.3) is 0 Å². The van der Waals surface area contributed by atoms with Gasteiger partial charge in [-0.3, -0.25) is 4.79 Å². The van der Waals surface area contributed by atoms with Crippen LogP contribution in [0.15, 0.2) is 0 Å². The zero-order valence-corrected chi connectivity index (χ0v) is 11.7. The van der Waals surface area contributed by atoms with Crippen molar-refractivity contribution in [2.45, 2.75) is 70.0 Å². The van der Waals surface area contributed by atoms with Crippen molar-refractivity contribution in [2.24, 2.45) is 5.92 Å². The van der Waals surface area contributed by atoms with E-state index in [0.29, 0.717) is 18.4 Å². The van der Waals surface area contributed by atoms with Crippen LogP contribution in [0, 0.1) is 5.92 Å². The third-order valence-corrected chi connectivity index (χ3v) is 4.76. The quantitative estimate of drug-likeness (QED) is 0.717. The van der Waals surface area contributed by atoms with Gasteiger partial charge in [0.2, 0.25) is 5.91 Å². The van der Waals surface area contributed by atoms with E-state index in [1.807, 2.05) is 0 Å². The monoisotopic (exact) mass is 268 g/mol. The lowest BCUT2D eigenvalue weighted by atomic mass is 9.85. The number of hydrogen-bond acceptors (Lipinski definition) is 3. The number of carboxylic acid groups (broad SMARTS) is 1. The maximum atomic E-state index is 12.2. The van der Waals surface area contributed by atoms with Gasteiger partial charge in [0, 0.05) is 6.04 Å². The van der Waals surface area contributed by atoms with E-state index in [-0.39, 0.29) is 11.9 Å². The molecule has 5 heteroatoms. The Morgan fingerprint density at radius 2 is 2.05 bits per heavy atom. The maximum Gasteiger partial charge on any atom is 0.329 e. The molecule has 0 aromatic heterocycles. The number of amides is 1. The van der Waals surface area contributed by atoms with E-state index in [1.54, 1.807) is 13.8 Å². The number of aliphatic carboxylic acids is 1. The van der Waals surface area contributed by atoms with Crippen molar-refractivity contribution in [1.82, 2.24) is 10.6 Å². The standard InChI is InChI=1S/C14H24N2O3/c1-3-14(2,13(18)19)16-12(17)11-8-9-6-4-5-7-10(9)15-11/h9-11,15H,3-8H2,1-2H3,(H,16,17)(H,18,19). The van der Waals surface area contributed by atoms with E-state index in [9.17, 15) is 14.7 Å². The molecular weight excluding hydrogens is 244 g/mol. The van der Waals surface area contributed by atoms with Gasteiger partial charge in [0.05, 0.1) is 6.04 Å². The Bertz CT molecular complexity index is 358. The van der Waals surface area contributed by atoms with Crippen molar-refractivity contribution in [2.75, 3.05) is 0 Å². The van der Waals surface area contributed by atoms with Crippen LogP contribution < -0.4 is 10.6 Å². The highest BCUT2D eigenvalue weighted by Crippen LogP contribution is 2.33. The SMILES string of the molecule is CCC(C)(NC(=O)C1CC2CCCCC2N1)C(=O)O. The average molecular weight is 268 g/mol. The lowest BCUT2D eigenvalue weighted by Gasteiger charge is -2.26. The molecule has 1 amide bonds. The van der Waals surface area contributed by atoms with Gasteiger partial charge >= 0.3 is 5.97 Å². The third-order valence-electron chi connectivity index (χ3n) is 4.76. The fraction of sp³-hybridized carbons (Fsp3) is 0.857. The van der Waals surface area contributed by atoms with E-state index < -0.39 is 11.5 Å². The second-order valence-corrected chi connectivity index (χ2v) is 6.09. The van der Waals surface area contributed by atoms with Crippen LogP contribution in [-0.2, 0) is 9.59 Å². The van der Waals surface area contributed by atoms with Crippen molar-refractivity contribution in [3.63, 3.8) is 0 Å². The summed E-state index contributed by atoms with van der Waals surface area (Å²) in [5.74, 6) is -0.554. The van der Waals surface area contributed by atoms with Gasteiger partial charge in [-0.05, 0) is 38.5 Å². The summed E-state index contributed by atoms with van der Waals surface area (Å²) in [5.41, 5.74) is -1.16. The number of hydrogen-bond donors (Lipinski definition) is 3. The molecule has 2 aliphatic rings. The van der Waals surface area contributed by atoms with Crippen molar-refractivity contribution in [3.05, 3.63) is 0 Å². The Morgan fingerprint density at radius 1 is 1.37 bits per heavy atom. The van der Waals surface area contributed by atoms with Crippen LogP contribution in [0.25, 0.3) is 0 Å². The molecule has 0 bridgehead atoms. The zero-order chi connectivity index (χ0) is 14.0. The highest BCUT2D eigenvalue weighted by atomic mass is 16.4.